The zero-order valence-corrected chi connectivity index (χ0v) is 23.5. The number of carbonyl (C=O) groups is 3. The Morgan fingerprint density at radius 3 is 2.03 bits per heavy atom. The van der Waals surface area contributed by atoms with Crippen LogP contribution in [-0.2, 0) is 14.3 Å². The van der Waals surface area contributed by atoms with Crippen LogP contribution in [0.15, 0.2) is 24.3 Å². The molecule has 0 saturated heterocycles. The first-order valence-corrected chi connectivity index (χ1v) is 12.7. The van der Waals surface area contributed by atoms with Crippen molar-refractivity contribution in [1.82, 2.24) is 15.5 Å². The number of alkyl carbamates (subject to hydrolysis) is 1. The van der Waals surface area contributed by atoms with Crippen LogP contribution >= 0.6 is 0 Å². The SMILES string of the molecule is CCCCNC(=O)C(c1ccc(C)cc1)N(C(=O)C(CC(C)C)NC(=O)OC(C)(C)C)C(C)(C)C. The van der Waals surface area contributed by atoms with E-state index in [1.54, 1.807) is 25.7 Å². The van der Waals surface area contributed by atoms with Crippen LogP contribution in [0, 0.1) is 12.8 Å². The molecule has 0 fully saturated rings. The van der Waals surface area contributed by atoms with Crippen LogP contribution in [-0.4, -0.2) is 46.5 Å². The van der Waals surface area contributed by atoms with Gasteiger partial charge in [-0.15, -0.1) is 0 Å². The Kier molecular flexibility index (Phi) is 11.3. The van der Waals surface area contributed by atoms with E-state index in [1.807, 2.05) is 65.8 Å². The third-order valence-corrected chi connectivity index (χ3v) is 5.39. The molecule has 198 valence electrons. The normalized spacial score (nSPS) is 13.7. The Hall–Kier alpha value is -2.57. The minimum absolute atomic E-state index is 0.136. The highest BCUT2D eigenvalue weighted by Gasteiger charge is 2.41. The predicted octanol–water partition coefficient (Wildman–Crippen LogP) is 5.52. The number of hydrogen-bond donors (Lipinski definition) is 2. The minimum Gasteiger partial charge on any atom is -0.444 e. The van der Waals surface area contributed by atoms with E-state index in [4.69, 9.17) is 4.74 Å². The fourth-order valence-corrected chi connectivity index (χ4v) is 3.81. The van der Waals surface area contributed by atoms with Gasteiger partial charge in [0.2, 0.25) is 11.8 Å². The molecule has 0 heterocycles. The van der Waals surface area contributed by atoms with Crippen LogP contribution in [0.2, 0.25) is 0 Å². The zero-order chi connectivity index (χ0) is 27.0. The first-order valence-electron chi connectivity index (χ1n) is 12.7. The number of benzene rings is 1. The third-order valence-electron chi connectivity index (χ3n) is 5.39. The highest BCUT2D eigenvalue weighted by molar-refractivity contribution is 5.92. The van der Waals surface area contributed by atoms with Crippen molar-refractivity contribution < 1.29 is 19.1 Å². The van der Waals surface area contributed by atoms with Gasteiger partial charge in [0.15, 0.2) is 0 Å². The molecule has 0 spiro atoms. The summed E-state index contributed by atoms with van der Waals surface area (Å²) in [6.07, 6.45) is 1.58. The van der Waals surface area contributed by atoms with Crippen LogP contribution < -0.4 is 10.6 Å². The van der Waals surface area contributed by atoms with Crippen LogP contribution in [0.25, 0.3) is 0 Å². The van der Waals surface area contributed by atoms with Crippen LogP contribution in [0.4, 0.5) is 4.79 Å². The van der Waals surface area contributed by atoms with Gasteiger partial charge in [0.1, 0.15) is 17.7 Å². The fraction of sp³-hybridized carbons (Fsp3) is 0.679. The summed E-state index contributed by atoms with van der Waals surface area (Å²) in [6, 6.07) is 6.00. The largest absolute Gasteiger partial charge is 0.444 e. The number of rotatable bonds is 10. The lowest BCUT2D eigenvalue weighted by molar-refractivity contribution is -0.148. The third kappa shape index (κ3) is 10.3. The lowest BCUT2D eigenvalue weighted by Gasteiger charge is -2.43. The summed E-state index contributed by atoms with van der Waals surface area (Å²) < 4.78 is 5.44. The first kappa shape index (κ1) is 30.5. The fourth-order valence-electron chi connectivity index (χ4n) is 3.81. The Balaban J connectivity index is 3.49. The number of ether oxygens (including phenoxy) is 1. The van der Waals surface area contributed by atoms with Crippen LogP contribution in [0.3, 0.4) is 0 Å². The smallest absolute Gasteiger partial charge is 0.408 e. The molecule has 2 unspecified atom stereocenters. The molecule has 0 saturated carbocycles. The maximum atomic E-state index is 14.1. The molecule has 1 aromatic rings. The van der Waals surface area contributed by atoms with Crippen molar-refractivity contribution in [1.29, 1.82) is 0 Å². The van der Waals surface area contributed by atoms with Crippen molar-refractivity contribution in [3.63, 3.8) is 0 Å². The summed E-state index contributed by atoms with van der Waals surface area (Å²) in [7, 11) is 0. The molecule has 3 amide bonds. The van der Waals surface area contributed by atoms with E-state index in [-0.39, 0.29) is 17.7 Å². The highest BCUT2D eigenvalue weighted by atomic mass is 16.6. The molecule has 0 radical (unpaired) electrons. The molecule has 35 heavy (non-hydrogen) atoms. The van der Waals surface area contributed by atoms with Gasteiger partial charge in [0, 0.05) is 12.1 Å². The molecule has 7 nitrogen and oxygen atoms in total. The molecule has 1 aromatic carbocycles. The van der Waals surface area contributed by atoms with E-state index in [1.165, 1.54) is 0 Å². The van der Waals surface area contributed by atoms with Crippen molar-refractivity contribution in [3.05, 3.63) is 35.4 Å². The number of aryl methyl sites for hydroxylation is 1. The molecule has 7 heteroatoms. The molecule has 2 N–H and O–H groups in total. The van der Waals surface area contributed by atoms with Crippen molar-refractivity contribution >= 4 is 17.9 Å². The molecule has 0 aromatic heterocycles. The number of nitrogens with one attached hydrogen (secondary N) is 2. The Bertz CT molecular complexity index is 835. The van der Waals surface area contributed by atoms with Gasteiger partial charge in [-0.3, -0.25) is 9.59 Å². The number of nitrogens with zero attached hydrogens (tertiary/aromatic N) is 1. The maximum Gasteiger partial charge on any atom is 0.408 e. The van der Waals surface area contributed by atoms with Crippen molar-refractivity contribution in [2.45, 2.75) is 112 Å². The lowest BCUT2D eigenvalue weighted by atomic mass is 9.93. The standard InChI is InChI=1S/C28H47N3O4/c1-11-12-17-29-24(32)23(21-15-13-20(4)14-16-21)31(27(5,6)7)25(33)22(18-19(2)3)30-26(34)35-28(8,9)10/h13-16,19,22-23H,11-12,17-18H2,1-10H3,(H,29,32)(H,30,34). The monoisotopic (exact) mass is 489 g/mol. The summed E-state index contributed by atoms with van der Waals surface area (Å²) in [5.41, 5.74) is 0.410. The second-order valence-electron chi connectivity index (χ2n) is 11.7. The first-order chi connectivity index (χ1) is 16.1. The molecular formula is C28H47N3O4. The summed E-state index contributed by atoms with van der Waals surface area (Å²) in [5, 5.41) is 5.79. The van der Waals surface area contributed by atoms with Gasteiger partial charge in [-0.05, 0) is 72.8 Å². The van der Waals surface area contributed by atoms with E-state index < -0.39 is 29.3 Å². The van der Waals surface area contributed by atoms with Crippen molar-refractivity contribution in [3.8, 4) is 0 Å². The average Bonchev–Trinajstić information content (AvgIpc) is 2.69. The maximum absolute atomic E-state index is 14.1. The Morgan fingerprint density at radius 1 is 1.00 bits per heavy atom. The summed E-state index contributed by atoms with van der Waals surface area (Å²) in [5.74, 6) is -0.406. The molecule has 0 aliphatic carbocycles. The van der Waals surface area contributed by atoms with E-state index in [0.717, 1.165) is 24.0 Å². The molecule has 0 aliphatic rings. The van der Waals surface area contributed by atoms with E-state index >= 15 is 0 Å². The second kappa shape index (κ2) is 12.9. The summed E-state index contributed by atoms with van der Waals surface area (Å²) in [4.78, 5) is 41.9. The second-order valence-corrected chi connectivity index (χ2v) is 11.7. The van der Waals surface area contributed by atoms with E-state index in [9.17, 15) is 14.4 Å². The lowest BCUT2D eigenvalue weighted by Crippen LogP contribution is -2.58. The highest BCUT2D eigenvalue weighted by Crippen LogP contribution is 2.31. The van der Waals surface area contributed by atoms with Crippen LogP contribution in [0.1, 0.15) is 98.7 Å². The molecule has 0 aliphatic heterocycles. The molecule has 1 rings (SSSR count). The van der Waals surface area contributed by atoms with Gasteiger partial charge in [-0.2, -0.15) is 0 Å². The van der Waals surface area contributed by atoms with Crippen molar-refractivity contribution in [2.24, 2.45) is 5.92 Å². The molecule has 2 atom stereocenters. The Labute approximate surface area is 212 Å². The summed E-state index contributed by atoms with van der Waals surface area (Å²) in [6.45, 7) is 19.6. The Morgan fingerprint density at radius 2 is 1.57 bits per heavy atom. The van der Waals surface area contributed by atoms with Gasteiger partial charge in [0.25, 0.3) is 0 Å². The number of unbranched alkanes of at least 4 members (excludes halogenated alkanes) is 1. The average molecular weight is 490 g/mol. The zero-order valence-electron chi connectivity index (χ0n) is 23.5. The van der Waals surface area contributed by atoms with Crippen molar-refractivity contribution in [2.75, 3.05) is 6.54 Å². The predicted molar refractivity (Wildman–Crippen MR) is 141 cm³/mol. The van der Waals surface area contributed by atoms with Gasteiger partial charge in [-0.1, -0.05) is 57.0 Å². The number of hydrogen-bond acceptors (Lipinski definition) is 4. The van der Waals surface area contributed by atoms with E-state index in [2.05, 4.69) is 17.6 Å². The number of amides is 3. The molecule has 0 bridgehead atoms. The summed E-state index contributed by atoms with van der Waals surface area (Å²) >= 11 is 0. The van der Waals surface area contributed by atoms with Gasteiger partial charge >= 0.3 is 6.09 Å². The van der Waals surface area contributed by atoms with Gasteiger partial charge in [-0.25, -0.2) is 4.79 Å². The quantitative estimate of drug-likeness (QED) is 0.424. The van der Waals surface area contributed by atoms with Gasteiger partial charge < -0.3 is 20.3 Å². The van der Waals surface area contributed by atoms with Crippen LogP contribution in [0.5, 0.6) is 0 Å². The topological polar surface area (TPSA) is 87.7 Å². The number of carbonyl (C=O) groups excluding carboxylic acids is 3. The van der Waals surface area contributed by atoms with E-state index in [0.29, 0.717) is 13.0 Å². The van der Waals surface area contributed by atoms with Gasteiger partial charge in [0.05, 0.1) is 0 Å². The molecular weight excluding hydrogens is 442 g/mol. The minimum atomic E-state index is -0.838.